The zero-order chi connectivity index (χ0) is 15.3. The molecular formula is C14H29N3O2. The van der Waals surface area contributed by atoms with E-state index in [4.69, 9.17) is 5.73 Å². The summed E-state index contributed by atoms with van der Waals surface area (Å²) >= 11 is 0. The smallest absolute Gasteiger partial charge is 0.225 e. The second kappa shape index (κ2) is 6.89. The molecule has 0 aliphatic rings. The molecule has 5 nitrogen and oxygen atoms in total. The predicted octanol–water partition coefficient (Wildman–Crippen LogP) is 0.982. The van der Waals surface area contributed by atoms with Crippen LogP contribution in [0.15, 0.2) is 0 Å². The molecule has 0 bridgehead atoms. The van der Waals surface area contributed by atoms with Crippen molar-refractivity contribution in [2.75, 3.05) is 26.7 Å². The normalized spacial score (nSPS) is 12.2. The summed E-state index contributed by atoms with van der Waals surface area (Å²) in [5.74, 6) is -0.0130. The number of amides is 2. The fourth-order valence-electron chi connectivity index (χ4n) is 1.53. The minimum absolute atomic E-state index is 0.0238. The van der Waals surface area contributed by atoms with Crippen LogP contribution in [0.2, 0.25) is 0 Å². The Hall–Kier alpha value is -1.10. The maximum atomic E-state index is 11.9. The average Bonchev–Trinajstić information content (AvgIpc) is 2.26. The number of carbonyl (C=O) groups excluding carboxylic acids is 2. The van der Waals surface area contributed by atoms with Gasteiger partial charge in [0, 0.05) is 32.0 Å². The van der Waals surface area contributed by atoms with E-state index in [1.807, 2.05) is 34.6 Å². The zero-order valence-electron chi connectivity index (χ0n) is 13.2. The monoisotopic (exact) mass is 271 g/mol. The van der Waals surface area contributed by atoms with Crippen molar-refractivity contribution in [3.05, 3.63) is 0 Å². The molecule has 0 aliphatic heterocycles. The first kappa shape index (κ1) is 17.9. The van der Waals surface area contributed by atoms with Gasteiger partial charge in [0.05, 0.1) is 0 Å². The summed E-state index contributed by atoms with van der Waals surface area (Å²) in [5.41, 5.74) is 5.14. The van der Waals surface area contributed by atoms with Gasteiger partial charge >= 0.3 is 0 Å². The van der Waals surface area contributed by atoms with Gasteiger partial charge in [-0.3, -0.25) is 9.59 Å². The molecular weight excluding hydrogens is 242 g/mol. The fraction of sp³-hybridized carbons (Fsp3) is 0.857. The van der Waals surface area contributed by atoms with Crippen molar-refractivity contribution in [3.8, 4) is 0 Å². The van der Waals surface area contributed by atoms with Crippen molar-refractivity contribution < 1.29 is 9.59 Å². The Morgan fingerprint density at radius 3 is 2.11 bits per heavy atom. The van der Waals surface area contributed by atoms with Gasteiger partial charge in [0.1, 0.15) is 0 Å². The molecule has 0 saturated heterocycles. The van der Waals surface area contributed by atoms with Crippen molar-refractivity contribution in [2.24, 2.45) is 16.6 Å². The van der Waals surface area contributed by atoms with Crippen LogP contribution in [0, 0.1) is 10.8 Å². The quantitative estimate of drug-likeness (QED) is 0.756. The highest BCUT2D eigenvalue weighted by Gasteiger charge is 2.23. The van der Waals surface area contributed by atoms with E-state index in [9.17, 15) is 9.59 Å². The number of nitrogens with two attached hydrogens (primary N) is 1. The molecule has 0 aliphatic carbocycles. The summed E-state index contributed by atoms with van der Waals surface area (Å²) in [6.07, 6.45) is 0.318. The highest BCUT2D eigenvalue weighted by molar-refractivity contribution is 5.82. The van der Waals surface area contributed by atoms with Gasteiger partial charge < -0.3 is 16.0 Å². The summed E-state index contributed by atoms with van der Waals surface area (Å²) in [6.45, 7) is 11.1. The van der Waals surface area contributed by atoms with E-state index in [0.717, 1.165) is 0 Å². The summed E-state index contributed by atoms with van der Waals surface area (Å²) in [4.78, 5) is 25.2. The first-order valence-electron chi connectivity index (χ1n) is 6.72. The number of carbonyl (C=O) groups is 2. The second-order valence-corrected chi connectivity index (χ2v) is 6.87. The summed E-state index contributed by atoms with van der Waals surface area (Å²) in [5, 5.41) is 2.77. The van der Waals surface area contributed by atoms with Crippen LogP contribution in [0.5, 0.6) is 0 Å². The molecule has 0 radical (unpaired) electrons. The average molecular weight is 271 g/mol. The van der Waals surface area contributed by atoms with Crippen LogP contribution in [0.3, 0.4) is 0 Å². The lowest BCUT2D eigenvalue weighted by molar-refractivity contribution is -0.131. The van der Waals surface area contributed by atoms with Gasteiger partial charge in [0.2, 0.25) is 11.8 Å². The molecule has 19 heavy (non-hydrogen) atoms. The van der Waals surface area contributed by atoms with Crippen LogP contribution >= 0.6 is 0 Å². The highest BCUT2D eigenvalue weighted by Crippen LogP contribution is 2.14. The van der Waals surface area contributed by atoms with Crippen molar-refractivity contribution >= 4 is 11.8 Å². The molecule has 0 aromatic carbocycles. The lowest BCUT2D eigenvalue weighted by Crippen LogP contribution is -2.41. The molecule has 0 aromatic heterocycles. The van der Waals surface area contributed by atoms with E-state index in [2.05, 4.69) is 5.32 Å². The number of rotatable bonds is 6. The number of nitrogens with one attached hydrogen (secondary N) is 1. The van der Waals surface area contributed by atoms with Crippen LogP contribution in [0.1, 0.15) is 41.0 Å². The Labute approximate surface area is 116 Å². The van der Waals surface area contributed by atoms with Crippen molar-refractivity contribution in [1.82, 2.24) is 10.2 Å². The maximum Gasteiger partial charge on any atom is 0.225 e. The molecule has 0 atom stereocenters. The first-order valence-corrected chi connectivity index (χ1v) is 6.72. The fourth-order valence-corrected chi connectivity index (χ4v) is 1.53. The summed E-state index contributed by atoms with van der Waals surface area (Å²) in [6, 6.07) is 0. The Bertz CT molecular complexity index is 319. The van der Waals surface area contributed by atoms with E-state index < -0.39 is 5.41 Å². The standard InChI is InChI=1S/C14H29N3O2/c1-13(2,3)12(19)16-8-7-11(18)17(6)10-14(4,5)9-15/h7-10,15H2,1-6H3,(H,16,19). The molecule has 3 N–H and O–H groups in total. The molecule has 0 fully saturated rings. The van der Waals surface area contributed by atoms with Gasteiger partial charge in [0.25, 0.3) is 0 Å². The van der Waals surface area contributed by atoms with E-state index >= 15 is 0 Å². The summed E-state index contributed by atoms with van der Waals surface area (Å²) < 4.78 is 0. The lowest BCUT2D eigenvalue weighted by atomic mass is 9.93. The van der Waals surface area contributed by atoms with Crippen molar-refractivity contribution in [2.45, 2.75) is 41.0 Å². The van der Waals surface area contributed by atoms with Crippen LogP contribution in [-0.4, -0.2) is 43.4 Å². The van der Waals surface area contributed by atoms with Gasteiger partial charge in [-0.2, -0.15) is 0 Å². The Morgan fingerprint density at radius 1 is 1.16 bits per heavy atom. The minimum atomic E-state index is -0.420. The molecule has 112 valence electrons. The molecule has 0 heterocycles. The lowest BCUT2D eigenvalue weighted by Gasteiger charge is -2.29. The van der Waals surface area contributed by atoms with Crippen molar-refractivity contribution in [1.29, 1.82) is 0 Å². The van der Waals surface area contributed by atoms with Crippen LogP contribution in [0.4, 0.5) is 0 Å². The minimum Gasteiger partial charge on any atom is -0.355 e. The van der Waals surface area contributed by atoms with E-state index in [-0.39, 0.29) is 17.2 Å². The summed E-state index contributed by atoms with van der Waals surface area (Å²) in [7, 11) is 1.77. The first-order chi connectivity index (χ1) is 8.49. The number of hydrogen-bond donors (Lipinski definition) is 2. The van der Waals surface area contributed by atoms with Crippen LogP contribution in [-0.2, 0) is 9.59 Å². The van der Waals surface area contributed by atoms with E-state index in [1.54, 1.807) is 11.9 Å². The van der Waals surface area contributed by atoms with Gasteiger partial charge in [-0.1, -0.05) is 34.6 Å². The predicted molar refractivity (Wildman–Crippen MR) is 77.6 cm³/mol. The molecule has 0 saturated carbocycles. The molecule has 5 heteroatoms. The topological polar surface area (TPSA) is 75.4 Å². The zero-order valence-corrected chi connectivity index (χ0v) is 13.2. The van der Waals surface area contributed by atoms with Gasteiger partial charge in [-0.15, -0.1) is 0 Å². The molecule has 0 spiro atoms. The van der Waals surface area contributed by atoms with Crippen LogP contribution in [0.25, 0.3) is 0 Å². The Kier molecular flexibility index (Phi) is 6.49. The Morgan fingerprint density at radius 2 is 1.68 bits per heavy atom. The molecule has 0 unspecified atom stereocenters. The maximum absolute atomic E-state index is 11.9. The van der Waals surface area contributed by atoms with Gasteiger partial charge in [0.15, 0.2) is 0 Å². The second-order valence-electron chi connectivity index (χ2n) is 6.87. The highest BCUT2D eigenvalue weighted by atomic mass is 16.2. The number of nitrogens with zero attached hydrogens (tertiary/aromatic N) is 1. The molecule has 0 aromatic rings. The molecule has 2 amide bonds. The molecule has 0 rings (SSSR count). The largest absolute Gasteiger partial charge is 0.355 e. The SMILES string of the molecule is CN(CC(C)(C)CN)C(=O)CCNC(=O)C(C)(C)C. The number of hydrogen-bond acceptors (Lipinski definition) is 3. The van der Waals surface area contributed by atoms with Gasteiger partial charge in [-0.05, 0) is 12.0 Å². The van der Waals surface area contributed by atoms with Crippen LogP contribution < -0.4 is 11.1 Å². The Balaban J connectivity index is 4.09. The third kappa shape index (κ3) is 7.15. The third-order valence-electron chi connectivity index (χ3n) is 2.95. The van der Waals surface area contributed by atoms with Crippen molar-refractivity contribution in [3.63, 3.8) is 0 Å². The van der Waals surface area contributed by atoms with E-state index in [1.165, 1.54) is 0 Å². The third-order valence-corrected chi connectivity index (χ3v) is 2.95. The van der Waals surface area contributed by atoms with E-state index in [0.29, 0.717) is 26.1 Å². The van der Waals surface area contributed by atoms with Gasteiger partial charge in [-0.25, -0.2) is 0 Å².